The predicted molar refractivity (Wildman–Crippen MR) is 121 cm³/mol. The molecule has 0 amide bonds. The van der Waals surface area contributed by atoms with Crippen molar-refractivity contribution in [2.24, 2.45) is 0 Å². The first-order valence-corrected chi connectivity index (χ1v) is 12.8. The van der Waals surface area contributed by atoms with Crippen LogP contribution < -0.4 is 10.4 Å². The fourth-order valence-electron chi connectivity index (χ4n) is 4.46. The maximum atomic E-state index is 12.2. The van der Waals surface area contributed by atoms with Crippen molar-refractivity contribution in [2.45, 2.75) is 77.0 Å². The van der Waals surface area contributed by atoms with E-state index in [4.69, 9.17) is 9.16 Å². The van der Waals surface area contributed by atoms with Crippen LogP contribution in [0, 0.1) is 0 Å². The normalized spacial score (nSPS) is 19.9. The summed E-state index contributed by atoms with van der Waals surface area (Å²) in [6.45, 7) is 8.99. The summed E-state index contributed by atoms with van der Waals surface area (Å²) in [4.78, 5) is 12.2. The number of hydrogen-bond donors (Lipinski definition) is 0. The van der Waals surface area contributed by atoms with Crippen LogP contribution in [0.15, 0.2) is 60.7 Å². The lowest BCUT2D eigenvalue weighted by molar-refractivity contribution is -0.141. The van der Waals surface area contributed by atoms with Gasteiger partial charge in [0.05, 0.1) is 12.5 Å². The van der Waals surface area contributed by atoms with Crippen LogP contribution in [0.5, 0.6) is 0 Å². The van der Waals surface area contributed by atoms with Gasteiger partial charge in [-0.15, -0.1) is 0 Å². The van der Waals surface area contributed by atoms with E-state index in [2.05, 4.69) is 76.2 Å². The number of carbonyl (C=O) groups excluding carboxylic acids is 1. The molecule has 0 N–H and O–H groups in total. The highest BCUT2D eigenvalue weighted by atomic mass is 28.4. The largest absolute Gasteiger partial charge is 0.460 e. The molecular weight excluding hydrogens is 376 g/mol. The molecule has 0 aliphatic carbocycles. The van der Waals surface area contributed by atoms with Gasteiger partial charge in [0.2, 0.25) is 0 Å². The highest BCUT2D eigenvalue weighted by Gasteiger charge is 2.53. The Bertz CT molecular complexity index is 743. The molecule has 4 heteroatoms. The van der Waals surface area contributed by atoms with Gasteiger partial charge in [0, 0.05) is 0 Å². The summed E-state index contributed by atoms with van der Waals surface area (Å²) >= 11 is 0. The van der Waals surface area contributed by atoms with E-state index in [9.17, 15) is 4.79 Å². The molecular formula is C25H34O3Si. The lowest BCUT2D eigenvalue weighted by Crippen LogP contribution is -2.68. The summed E-state index contributed by atoms with van der Waals surface area (Å²) in [7, 11) is -2.67. The summed E-state index contributed by atoms with van der Waals surface area (Å²) in [5, 5.41) is 2.38. The van der Waals surface area contributed by atoms with E-state index in [1.807, 2.05) is 12.1 Å². The Hall–Kier alpha value is -1.91. The summed E-state index contributed by atoms with van der Waals surface area (Å²) in [6.07, 6.45) is 4.26. The second-order valence-corrected chi connectivity index (χ2v) is 13.3. The molecule has 2 atom stereocenters. The van der Waals surface area contributed by atoms with Crippen molar-refractivity contribution in [1.29, 1.82) is 0 Å². The van der Waals surface area contributed by atoms with Crippen LogP contribution in [0.1, 0.15) is 59.8 Å². The maximum Gasteiger partial charge on any atom is 0.308 e. The lowest BCUT2D eigenvalue weighted by atomic mass is 10.1. The fraction of sp³-hybridized carbons (Fsp3) is 0.480. The Morgan fingerprint density at radius 3 is 2.00 bits per heavy atom. The number of benzene rings is 2. The van der Waals surface area contributed by atoms with Crippen LogP contribution in [0.4, 0.5) is 0 Å². The van der Waals surface area contributed by atoms with Crippen molar-refractivity contribution >= 4 is 24.7 Å². The lowest BCUT2D eigenvalue weighted by Gasteiger charge is -2.45. The van der Waals surface area contributed by atoms with Gasteiger partial charge in [-0.05, 0) is 28.3 Å². The van der Waals surface area contributed by atoms with Crippen LogP contribution in [-0.2, 0) is 14.0 Å². The van der Waals surface area contributed by atoms with Gasteiger partial charge in [-0.2, -0.15) is 0 Å². The van der Waals surface area contributed by atoms with E-state index in [1.54, 1.807) is 0 Å². The van der Waals surface area contributed by atoms with Crippen LogP contribution in [-0.4, -0.2) is 26.5 Å². The summed E-state index contributed by atoms with van der Waals surface area (Å²) in [5.74, 6) is -0.130. The van der Waals surface area contributed by atoms with Gasteiger partial charge in [-0.3, -0.25) is 4.79 Å². The number of esters is 1. The van der Waals surface area contributed by atoms with Crippen LogP contribution >= 0.6 is 0 Å². The molecule has 156 valence electrons. The highest BCUT2D eigenvalue weighted by molar-refractivity contribution is 6.99. The average Bonchev–Trinajstić information content (AvgIpc) is 3.05. The SMILES string of the molecule is CCCCC[C@@H]1OC(=O)C[C@@H]1O[Si](c1ccccc1)(c1ccccc1)C(C)(C)C. The third-order valence-electron chi connectivity index (χ3n) is 5.90. The van der Waals surface area contributed by atoms with Gasteiger partial charge in [0.1, 0.15) is 6.10 Å². The topological polar surface area (TPSA) is 35.5 Å². The van der Waals surface area contributed by atoms with Crippen molar-refractivity contribution in [3.63, 3.8) is 0 Å². The fourth-order valence-corrected chi connectivity index (χ4v) is 9.17. The van der Waals surface area contributed by atoms with Crippen molar-refractivity contribution in [3.05, 3.63) is 60.7 Å². The molecule has 0 bridgehead atoms. The number of carbonyl (C=O) groups is 1. The Balaban J connectivity index is 2.04. The number of cyclic esters (lactones) is 1. The zero-order valence-electron chi connectivity index (χ0n) is 18.2. The Morgan fingerprint density at radius 1 is 0.966 bits per heavy atom. The molecule has 3 rings (SSSR count). The molecule has 0 radical (unpaired) electrons. The molecule has 1 aliphatic heterocycles. The molecule has 0 saturated carbocycles. The minimum absolute atomic E-state index is 0.102. The predicted octanol–water partition coefficient (Wildman–Crippen LogP) is 4.83. The van der Waals surface area contributed by atoms with Gasteiger partial charge in [-0.25, -0.2) is 0 Å². The van der Waals surface area contributed by atoms with Crippen LogP contribution in [0.2, 0.25) is 5.04 Å². The first-order valence-electron chi connectivity index (χ1n) is 10.9. The van der Waals surface area contributed by atoms with Gasteiger partial charge in [0.25, 0.3) is 8.32 Å². The quantitative estimate of drug-likeness (QED) is 0.355. The van der Waals surface area contributed by atoms with Crippen LogP contribution in [0.3, 0.4) is 0 Å². The Labute approximate surface area is 176 Å². The Morgan fingerprint density at radius 2 is 1.52 bits per heavy atom. The minimum Gasteiger partial charge on any atom is -0.460 e. The number of hydrogen-bond acceptors (Lipinski definition) is 3. The number of ether oxygens (including phenoxy) is 1. The third-order valence-corrected chi connectivity index (χ3v) is 11.0. The monoisotopic (exact) mass is 410 g/mol. The summed E-state index contributed by atoms with van der Waals surface area (Å²) < 4.78 is 12.9. The van der Waals surface area contributed by atoms with Gasteiger partial charge < -0.3 is 9.16 Å². The smallest absolute Gasteiger partial charge is 0.308 e. The summed E-state index contributed by atoms with van der Waals surface area (Å²) in [5.41, 5.74) is 0. The first kappa shape index (κ1) is 21.8. The van der Waals surface area contributed by atoms with E-state index >= 15 is 0 Å². The molecule has 1 fully saturated rings. The zero-order valence-corrected chi connectivity index (χ0v) is 19.2. The van der Waals surface area contributed by atoms with Crippen molar-refractivity contribution in [3.8, 4) is 0 Å². The molecule has 1 saturated heterocycles. The van der Waals surface area contributed by atoms with Gasteiger partial charge in [0.15, 0.2) is 0 Å². The van der Waals surface area contributed by atoms with Crippen molar-refractivity contribution in [2.75, 3.05) is 0 Å². The number of rotatable bonds is 8. The molecule has 0 aromatic heterocycles. The molecule has 2 aromatic carbocycles. The van der Waals surface area contributed by atoms with E-state index < -0.39 is 8.32 Å². The van der Waals surface area contributed by atoms with Gasteiger partial charge in [-0.1, -0.05) is 101 Å². The second kappa shape index (κ2) is 9.27. The van der Waals surface area contributed by atoms with Crippen molar-refractivity contribution in [1.82, 2.24) is 0 Å². The van der Waals surface area contributed by atoms with Gasteiger partial charge >= 0.3 is 5.97 Å². The molecule has 0 unspecified atom stereocenters. The molecule has 1 heterocycles. The minimum atomic E-state index is -2.67. The number of unbranched alkanes of at least 4 members (excludes halogenated alkanes) is 2. The maximum absolute atomic E-state index is 12.2. The third kappa shape index (κ3) is 4.64. The van der Waals surface area contributed by atoms with E-state index in [0.717, 1.165) is 25.7 Å². The molecule has 2 aromatic rings. The van der Waals surface area contributed by atoms with E-state index in [0.29, 0.717) is 6.42 Å². The van der Waals surface area contributed by atoms with Crippen LogP contribution in [0.25, 0.3) is 0 Å². The molecule has 29 heavy (non-hydrogen) atoms. The van der Waals surface area contributed by atoms with Crippen molar-refractivity contribution < 1.29 is 14.0 Å². The second-order valence-electron chi connectivity index (χ2n) is 9.05. The van der Waals surface area contributed by atoms with E-state index in [1.165, 1.54) is 10.4 Å². The Kier molecular flexibility index (Phi) is 6.96. The van der Waals surface area contributed by atoms with E-state index in [-0.39, 0.29) is 23.2 Å². The molecule has 1 aliphatic rings. The average molecular weight is 411 g/mol. The standard InChI is InChI=1S/C25H34O3Si/c1-5-6-9-18-22-23(19-24(26)27-22)28-29(25(2,3)4,20-14-10-7-11-15-20)21-16-12-8-13-17-21/h7-8,10-17,22-23H,5-6,9,18-19H2,1-4H3/t22-,23-/m0/s1. The molecule has 0 spiro atoms. The molecule has 3 nitrogen and oxygen atoms in total. The summed E-state index contributed by atoms with van der Waals surface area (Å²) in [6, 6.07) is 21.2. The zero-order chi connectivity index (χ0) is 20.9. The first-order chi connectivity index (χ1) is 13.9. The highest BCUT2D eigenvalue weighted by Crippen LogP contribution is 2.39.